The summed E-state index contributed by atoms with van der Waals surface area (Å²) in [4.78, 5) is 0. The summed E-state index contributed by atoms with van der Waals surface area (Å²) in [5, 5.41) is 11.5. The maximum Gasteiger partial charge on any atom is 0.0431 e. The van der Waals surface area contributed by atoms with Crippen molar-refractivity contribution in [1.29, 1.82) is 0 Å². The lowest BCUT2D eigenvalue weighted by atomic mass is 9.97. The van der Waals surface area contributed by atoms with Crippen LogP contribution < -0.4 is 5.32 Å². The Kier molecular flexibility index (Phi) is 24.5. The summed E-state index contributed by atoms with van der Waals surface area (Å²) in [6, 6.07) is 0. The third-order valence-electron chi connectivity index (χ3n) is 3.74. The van der Waals surface area contributed by atoms with Gasteiger partial charge >= 0.3 is 0 Å². The van der Waals surface area contributed by atoms with Gasteiger partial charge in [0.25, 0.3) is 0 Å². The van der Waals surface area contributed by atoms with E-state index in [4.69, 9.17) is 5.11 Å². The molecule has 1 atom stereocenters. The highest BCUT2D eigenvalue weighted by atomic mass is 16.2. The molecule has 2 heteroatoms. The van der Waals surface area contributed by atoms with Gasteiger partial charge in [0, 0.05) is 6.61 Å². The number of unbranched alkanes of at least 4 members (excludes halogenated alkanes) is 9. The van der Waals surface area contributed by atoms with E-state index in [9.17, 15) is 0 Å². The van der Waals surface area contributed by atoms with Crippen molar-refractivity contribution in [2.24, 2.45) is 5.92 Å². The van der Waals surface area contributed by atoms with Crippen molar-refractivity contribution in [2.45, 2.75) is 90.4 Å². The van der Waals surface area contributed by atoms with E-state index < -0.39 is 0 Å². The lowest BCUT2D eigenvalue weighted by Gasteiger charge is -2.09. The van der Waals surface area contributed by atoms with Crippen molar-refractivity contribution in [2.75, 3.05) is 20.7 Å². The summed E-state index contributed by atoms with van der Waals surface area (Å²) in [6.07, 6.45) is 17.3. The number of nitrogens with one attached hydrogen (secondary N) is 1. The van der Waals surface area contributed by atoms with Crippen molar-refractivity contribution >= 4 is 0 Å². The second-order valence-corrected chi connectivity index (χ2v) is 6.20. The van der Waals surface area contributed by atoms with Gasteiger partial charge in [0.2, 0.25) is 0 Å². The molecular weight excluding hydrogens is 258 g/mol. The fraction of sp³-hybridized carbons (Fsp3) is 0.947. The molecule has 0 heterocycles. The van der Waals surface area contributed by atoms with Crippen LogP contribution in [0.4, 0.5) is 0 Å². The van der Waals surface area contributed by atoms with Crippen molar-refractivity contribution in [3.63, 3.8) is 0 Å². The van der Waals surface area contributed by atoms with E-state index in [1.54, 1.807) is 0 Å². The van der Waals surface area contributed by atoms with Gasteiger partial charge in [-0.05, 0) is 32.9 Å². The van der Waals surface area contributed by atoms with Gasteiger partial charge in [-0.2, -0.15) is 0 Å². The summed E-state index contributed by atoms with van der Waals surface area (Å²) in [5.41, 5.74) is 0. The highest BCUT2D eigenvalue weighted by Crippen LogP contribution is 2.16. The lowest BCUT2D eigenvalue weighted by molar-refractivity contribution is 0.274. The van der Waals surface area contributed by atoms with Crippen LogP contribution in [0.5, 0.6) is 0 Å². The Bertz CT molecular complexity index is 162. The Hall–Kier alpha value is -0.0800. The predicted octanol–water partition coefficient (Wildman–Crippen LogP) is 5.36. The van der Waals surface area contributed by atoms with Gasteiger partial charge in [0.05, 0.1) is 0 Å². The first-order valence-corrected chi connectivity index (χ1v) is 9.25. The van der Waals surface area contributed by atoms with E-state index in [1.165, 1.54) is 70.6 Å². The zero-order chi connectivity index (χ0) is 16.2. The average Bonchev–Trinajstić information content (AvgIpc) is 2.48. The molecule has 0 aromatic rings. The highest BCUT2D eigenvalue weighted by Gasteiger charge is 2.01. The summed E-state index contributed by atoms with van der Waals surface area (Å²) in [6.45, 7) is 6.74. The third-order valence-corrected chi connectivity index (χ3v) is 3.74. The summed E-state index contributed by atoms with van der Waals surface area (Å²) in [5.74, 6) is 0.561. The minimum absolute atomic E-state index is 0.323. The maximum absolute atomic E-state index is 8.73. The molecule has 2 N–H and O–H groups in total. The summed E-state index contributed by atoms with van der Waals surface area (Å²) in [7, 11) is 3.75. The van der Waals surface area contributed by atoms with Crippen molar-refractivity contribution in [3.05, 3.63) is 6.92 Å². The molecule has 2 nitrogen and oxygen atoms in total. The van der Waals surface area contributed by atoms with Crippen LogP contribution in [0.3, 0.4) is 0 Å². The molecule has 0 rings (SSSR count). The summed E-state index contributed by atoms with van der Waals surface area (Å²) < 4.78 is 0. The highest BCUT2D eigenvalue weighted by molar-refractivity contribution is 4.61. The van der Waals surface area contributed by atoms with Crippen LogP contribution in [0.25, 0.3) is 0 Å². The molecule has 1 unspecified atom stereocenters. The van der Waals surface area contributed by atoms with Gasteiger partial charge < -0.3 is 10.4 Å². The molecule has 129 valence electrons. The molecule has 0 fully saturated rings. The molecule has 21 heavy (non-hydrogen) atoms. The van der Waals surface area contributed by atoms with Gasteiger partial charge in [-0.25, -0.2) is 0 Å². The van der Waals surface area contributed by atoms with Crippen LogP contribution in [0, 0.1) is 12.8 Å². The Morgan fingerprint density at radius 2 is 1.14 bits per heavy atom. The molecule has 0 spiro atoms. The Balaban J connectivity index is 0. The fourth-order valence-corrected chi connectivity index (χ4v) is 2.44. The van der Waals surface area contributed by atoms with Crippen molar-refractivity contribution < 1.29 is 5.11 Å². The number of hydrogen-bond acceptors (Lipinski definition) is 2. The SMILES string of the molecule is CNC.[CH2]C(CCCO)CCCCCCCCCCCC. The van der Waals surface area contributed by atoms with Gasteiger partial charge in [-0.1, -0.05) is 84.5 Å². The smallest absolute Gasteiger partial charge is 0.0431 e. The molecule has 0 saturated carbocycles. The molecule has 0 aliphatic heterocycles. The standard InChI is InChI=1S/C17H35O.C2H7N/c1-3-4-5-6-7-8-9-10-11-12-14-17(2)15-13-16-18;1-3-2/h17-18H,2-16H2,1H3;3H,1-2H3. The van der Waals surface area contributed by atoms with Crippen LogP contribution in [0.1, 0.15) is 90.4 Å². The first-order valence-electron chi connectivity index (χ1n) is 9.25. The lowest BCUT2D eigenvalue weighted by Crippen LogP contribution is -1.97. The van der Waals surface area contributed by atoms with Gasteiger partial charge in [-0.3, -0.25) is 0 Å². The Labute approximate surface area is 135 Å². The molecule has 0 aliphatic rings. The van der Waals surface area contributed by atoms with Crippen molar-refractivity contribution in [1.82, 2.24) is 5.32 Å². The quantitative estimate of drug-likeness (QED) is 0.423. The average molecular weight is 301 g/mol. The molecule has 0 aromatic carbocycles. The van der Waals surface area contributed by atoms with E-state index in [0.717, 1.165) is 12.8 Å². The Morgan fingerprint density at radius 3 is 1.57 bits per heavy atom. The van der Waals surface area contributed by atoms with Gasteiger partial charge in [0.1, 0.15) is 0 Å². The third kappa shape index (κ3) is 25.2. The van der Waals surface area contributed by atoms with E-state index in [0.29, 0.717) is 12.5 Å². The molecule has 0 bridgehead atoms. The molecule has 0 aliphatic carbocycles. The molecule has 1 radical (unpaired) electrons. The Morgan fingerprint density at radius 1 is 0.762 bits per heavy atom. The normalized spacial score (nSPS) is 11.9. The zero-order valence-electron chi connectivity index (χ0n) is 15.1. The molecule has 0 saturated heterocycles. The van der Waals surface area contributed by atoms with E-state index in [-0.39, 0.29) is 0 Å². The van der Waals surface area contributed by atoms with Crippen LogP contribution in [-0.4, -0.2) is 25.8 Å². The van der Waals surface area contributed by atoms with Crippen LogP contribution in [-0.2, 0) is 0 Å². The topological polar surface area (TPSA) is 32.3 Å². The van der Waals surface area contributed by atoms with Gasteiger partial charge in [-0.15, -0.1) is 0 Å². The van der Waals surface area contributed by atoms with Crippen LogP contribution in [0.15, 0.2) is 0 Å². The second-order valence-electron chi connectivity index (χ2n) is 6.20. The van der Waals surface area contributed by atoms with Crippen molar-refractivity contribution in [3.8, 4) is 0 Å². The van der Waals surface area contributed by atoms with E-state index in [2.05, 4.69) is 19.2 Å². The molecular formula is C19H42NO. The largest absolute Gasteiger partial charge is 0.396 e. The number of aliphatic hydroxyl groups is 1. The van der Waals surface area contributed by atoms with E-state index in [1.807, 2.05) is 14.1 Å². The number of aliphatic hydroxyl groups excluding tert-OH is 1. The first-order chi connectivity index (χ1) is 10.2. The molecule has 0 amide bonds. The zero-order valence-corrected chi connectivity index (χ0v) is 15.1. The van der Waals surface area contributed by atoms with E-state index >= 15 is 0 Å². The maximum atomic E-state index is 8.73. The monoisotopic (exact) mass is 300 g/mol. The van der Waals surface area contributed by atoms with Gasteiger partial charge in [0.15, 0.2) is 0 Å². The van der Waals surface area contributed by atoms with Crippen LogP contribution >= 0.6 is 0 Å². The molecule has 0 aromatic heterocycles. The number of hydrogen-bond donors (Lipinski definition) is 2. The minimum atomic E-state index is 0.323. The van der Waals surface area contributed by atoms with Crippen LogP contribution in [0.2, 0.25) is 0 Å². The number of rotatable bonds is 14. The minimum Gasteiger partial charge on any atom is -0.396 e. The summed E-state index contributed by atoms with van der Waals surface area (Å²) >= 11 is 0. The predicted molar refractivity (Wildman–Crippen MR) is 96.6 cm³/mol. The second kappa shape index (κ2) is 22.2. The fourth-order valence-electron chi connectivity index (χ4n) is 2.44. The first kappa shape index (κ1) is 23.2.